The predicted molar refractivity (Wildman–Crippen MR) is 142 cm³/mol. The van der Waals surface area contributed by atoms with Crippen LogP contribution in [-0.4, -0.2) is 70.6 Å². The average molecular weight is 497 g/mol. The number of hydrogen-bond donors (Lipinski definition) is 1. The van der Waals surface area contributed by atoms with Gasteiger partial charge in [0, 0.05) is 26.7 Å². The fourth-order valence-electron chi connectivity index (χ4n) is 4.87. The average Bonchev–Trinajstić information content (AvgIpc) is 3.09. The number of para-hydroxylation sites is 2. The standard InChI is InChI=1S/C29H28N4O4/c1-30(19-21-9-3-2-4-10-21)28(36)31-17-18-32(26(20-31)27(34)35)29(37)33-24-13-7-5-11-22(24)15-16-23-12-6-8-14-25(23)33/h2-16,26H,17-20H2,1H3,(H,34,35)/t26-/m0/s1. The third kappa shape index (κ3) is 4.78. The highest BCUT2D eigenvalue weighted by atomic mass is 16.4. The zero-order chi connectivity index (χ0) is 25.9. The smallest absolute Gasteiger partial charge is 0.330 e. The molecule has 1 fully saturated rings. The molecule has 0 aliphatic carbocycles. The normalized spacial score (nSPS) is 16.5. The first-order chi connectivity index (χ1) is 17.9. The van der Waals surface area contributed by atoms with E-state index in [1.165, 1.54) is 9.80 Å². The molecule has 0 saturated carbocycles. The van der Waals surface area contributed by atoms with E-state index < -0.39 is 18.0 Å². The summed E-state index contributed by atoms with van der Waals surface area (Å²) in [6, 6.07) is 22.8. The molecule has 8 nitrogen and oxygen atoms in total. The Morgan fingerprint density at radius 3 is 2.00 bits per heavy atom. The van der Waals surface area contributed by atoms with E-state index in [1.54, 1.807) is 16.8 Å². The molecule has 3 aromatic carbocycles. The molecular weight excluding hydrogens is 468 g/mol. The van der Waals surface area contributed by atoms with Crippen molar-refractivity contribution >= 4 is 41.6 Å². The second-order valence-corrected chi connectivity index (χ2v) is 9.19. The van der Waals surface area contributed by atoms with Crippen LogP contribution < -0.4 is 4.90 Å². The van der Waals surface area contributed by atoms with Gasteiger partial charge in [0.2, 0.25) is 0 Å². The largest absolute Gasteiger partial charge is 0.480 e. The van der Waals surface area contributed by atoms with Crippen molar-refractivity contribution in [3.63, 3.8) is 0 Å². The molecule has 37 heavy (non-hydrogen) atoms. The second kappa shape index (κ2) is 10.2. The van der Waals surface area contributed by atoms with Crippen LogP contribution in [0.1, 0.15) is 16.7 Å². The highest BCUT2D eigenvalue weighted by Gasteiger charge is 2.40. The van der Waals surface area contributed by atoms with Crippen LogP contribution in [0.3, 0.4) is 0 Å². The van der Waals surface area contributed by atoms with Crippen LogP contribution in [-0.2, 0) is 11.3 Å². The quantitative estimate of drug-likeness (QED) is 0.567. The lowest BCUT2D eigenvalue weighted by atomic mass is 10.1. The number of aliphatic carboxylic acids is 1. The van der Waals surface area contributed by atoms with Gasteiger partial charge in [0.25, 0.3) is 0 Å². The van der Waals surface area contributed by atoms with E-state index in [0.717, 1.165) is 16.7 Å². The van der Waals surface area contributed by atoms with Gasteiger partial charge in [0.15, 0.2) is 0 Å². The van der Waals surface area contributed by atoms with Crippen molar-refractivity contribution in [2.75, 3.05) is 31.6 Å². The fraction of sp³-hybridized carbons (Fsp3) is 0.207. The minimum Gasteiger partial charge on any atom is -0.480 e. The molecule has 0 radical (unpaired) electrons. The maximum Gasteiger partial charge on any atom is 0.330 e. The van der Waals surface area contributed by atoms with Gasteiger partial charge in [-0.1, -0.05) is 78.9 Å². The van der Waals surface area contributed by atoms with Gasteiger partial charge in [-0.25, -0.2) is 14.4 Å². The van der Waals surface area contributed by atoms with Crippen LogP contribution in [0.4, 0.5) is 21.0 Å². The van der Waals surface area contributed by atoms with Crippen molar-refractivity contribution in [3.05, 3.63) is 95.6 Å². The maximum atomic E-state index is 14.0. The first-order valence-corrected chi connectivity index (χ1v) is 12.2. The molecule has 0 aromatic heterocycles. The highest BCUT2D eigenvalue weighted by molar-refractivity contribution is 6.06. The molecule has 0 spiro atoms. The Bertz CT molecular complexity index is 1310. The summed E-state index contributed by atoms with van der Waals surface area (Å²) in [5.74, 6) is -1.15. The Morgan fingerprint density at radius 1 is 0.838 bits per heavy atom. The van der Waals surface area contributed by atoms with Gasteiger partial charge in [0.1, 0.15) is 6.04 Å². The number of fused-ring (bicyclic) bond motifs is 2. The molecule has 2 aliphatic heterocycles. The second-order valence-electron chi connectivity index (χ2n) is 9.19. The Labute approximate surface area is 215 Å². The molecular formula is C29H28N4O4. The van der Waals surface area contributed by atoms with E-state index in [2.05, 4.69) is 0 Å². The molecule has 188 valence electrons. The van der Waals surface area contributed by atoms with Crippen LogP contribution in [0, 0.1) is 0 Å². The Balaban J connectivity index is 1.40. The Morgan fingerprint density at radius 2 is 1.41 bits per heavy atom. The minimum absolute atomic E-state index is 0.0889. The van der Waals surface area contributed by atoms with Crippen LogP contribution in [0.15, 0.2) is 78.9 Å². The van der Waals surface area contributed by atoms with E-state index in [0.29, 0.717) is 17.9 Å². The molecule has 1 saturated heterocycles. The summed E-state index contributed by atoms with van der Waals surface area (Å²) in [5.41, 5.74) is 4.05. The van der Waals surface area contributed by atoms with Crippen molar-refractivity contribution in [2.45, 2.75) is 12.6 Å². The van der Waals surface area contributed by atoms with Crippen molar-refractivity contribution in [2.24, 2.45) is 0 Å². The maximum absolute atomic E-state index is 14.0. The topological polar surface area (TPSA) is 84.4 Å². The van der Waals surface area contributed by atoms with Crippen molar-refractivity contribution < 1.29 is 19.5 Å². The van der Waals surface area contributed by atoms with Crippen molar-refractivity contribution in [1.82, 2.24) is 14.7 Å². The number of hydrogen-bond acceptors (Lipinski definition) is 3. The molecule has 2 aliphatic rings. The minimum atomic E-state index is -1.18. The van der Waals surface area contributed by atoms with E-state index in [1.807, 2.05) is 91.0 Å². The van der Waals surface area contributed by atoms with Crippen LogP contribution >= 0.6 is 0 Å². The fourth-order valence-corrected chi connectivity index (χ4v) is 4.87. The van der Waals surface area contributed by atoms with Crippen LogP contribution in [0.5, 0.6) is 0 Å². The van der Waals surface area contributed by atoms with Gasteiger partial charge in [0.05, 0.1) is 17.9 Å². The first-order valence-electron chi connectivity index (χ1n) is 12.2. The number of carbonyl (C=O) groups is 3. The van der Waals surface area contributed by atoms with Gasteiger partial charge < -0.3 is 19.8 Å². The molecule has 4 amide bonds. The summed E-state index contributed by atoms with van der Waals surface area (Å²) in [7, 11) is 1.70. The number of carbonyl (C=O) groups excluding carboxylic acids is 2. The molecule has 0 bridgehead atoms. The summed E-state index contributed by atoms with van der Waals surface area (Å²) >= 11 is 0. The molecule has 8 heteroatoms. The number of rotatable bonds is 3. The van der Waals surface area contributed by atoms with Crippen molar-refractivity contribution in [1.29, 1.82) is 0 Å². The monoisotopic (exact) mass is 496 g/mol. The number of nitrogens with zero attached hydrogens (tertiary/aromatic N) is 4. The van der Waals surface area contributed by atoms with Gasteiger partial charge in [-0.15, -0.1) is 0 Å². The van der Waals surface area contributed by atoms with E-state index in [9.17, 15) is 19.5 Å². The number of carboxylic acids is 1. The lowest BCUT2D eigenvalue weighted by Gasteiger charge is -2.42. The predicted octanol–water partition coefficient (Wildman–Crippen LogP) is 4.75. The van der Waals surface area contributed by atoms with Gasteiger partial charge in [-0.05, 0) is 28.8 Å². The summed E-state index contributed by atoms with van der Waals surface area (Å²) in [6.07, 6.45) is 3.91. The number of amides is 4. The summed E-state index contributed by atoms with van der Waals surface area (Å²) in [6.45, 7) is 0.664. The van der Waals surface area contributed by atoms with Crippen molar-refractivity contribution in [3.8, 4) is 0 Å². The van der Waals surface area contributed by atoms with Gasteiger partial charge >= 0.3 is 18.0 Å². The molecule has 1 N–H and O–H groups in total. The molecule has 1 atom stereocenters. The summed E-state index contributed by atoms with van der Waals surface area (Å²) < 4.78 is 0. The lowest BCUT2D eigenvalue weighted by Crippen LogP contribution is -2.62. The van der Waals surface area contributed by atoms with Crippen LogP contribution in [0.2, 0.25) is 0 Å². The summed E-state index contributed by atoms with van der Waals surface area (Å²) in [4.78, 5) is 45.6. The Kier molecular flexibility index (Phi) is 6.64. The zero-order valence-electron chi connectivity index (χ0n) is 20.5. The zero-order valence-corrected chi connectivity index (χ0v) is 20.5. The van der Waals surface area contributed by atoms with Gasteiger partial charge in [-0.2, -0.15) is 0 Å². The first kappa shape index (κ1) is 24.1. The van der Waals surface area contributed by atoms with Crippen LogP contribution in [0.25, 0.3) is 12.2 Å². The molecule has 0 unspecified atom stereocenters. The van der Waals surface area contributed by atoms with Gasteiger partial charge in [-0.3, -0.25) is 4.90 Å². The number of benzene rings is 3. The van der Waals surface area contributed by atoms with E-state index in [4.69, 9.17) is 0 Å². The SMILES string of the molecule is CN(Cc1ccccc1)C(=O)N1CCN(C(=O)N2c3ccccc3C=Cc3ccccc32)[C@H](C(=O)O)C1. The molecule has 5 rings (SSSR count). The number of piperazine rings is 1. The number of carboxylic acid groups (broad SMARTS) is 1. The highest BCUT2D eigenvalue weighted by Crippen LogP contribution is 2.37. The number of anilines is 2. The number of urea groups is 2. The molecule has 2 heterocycles. The Hall–Kier alpha value is -4.59. The summed E-state index contributed by atoms with van der Waals surface area (Å²) in [5, 5.41) is 10.1. The molecule has 3 aromatic rings. The third-order valence-electron chi connectivity index (χ3n) is 6.76. The van der Waals surface area contributed by atoms with E-state index >= 15 is 0 Å². The lowest BCUT2D eigenvalue weighted by molar-refractivity contribution is -0.143. The van der Waals surface area contributed by atoms with E-state index in [-0.39, 0.29) is 25.7 Å². The third-order valence-corrected chi connectivity index (χ3v) is 6.76.